The molecule has 1 aliphatic heterocycles. The summed E-state index contributed by atoms with van der Waals surface area (Å²) in [5.74, 6) is 3.29. The van der Waals surface area contributed by atoms with Gasteiger partial charge in [-0.2, -0.15) is 0 Å². The van der Waals surface area contributed by atoms with Crippen LogP contribution in [0.15, 0.2) is 65.6 Å². The molecule has 4 aromatic heterocycles. The van der Waals surface area contributed by atoms with Crippen LogP contribution in [0.2, 0.25) is 0 Å². The third-order valence-electron chi connectivity index (χ3n) is 10.9. The molecule has 1 saturated heterocycles. The van der Waals surface area contributed by atoms with Crippen LogP contribution in [-0.4, -0.2) is 54.6 Å². The molecule has 3 fully saturated rings. The quantitative estimate of drug-likeness (QED) is 0.235. The number of amides is 1. The van der Waals surface area contributed by atoms with Gasteiger partial charge in [-0.1, -0.05) is 19.1 Å². The Morgan fingerprint density at radius 3 is 2.65 bits per heavy atom. The first-order valence-corrected chi connectivity index (χ1v) is 16.4. The number of imidazole rings is 1. The van der Waals surface area contributed by atoms with Crippen LogP contribution in [0.3, 0.4) is 0 Å². The topological polar surface area (TPSA) is 98.0 Å². The lowest BCUT2D eigenvalue weighted by atomic mass is 10.0. The summed E-state index contributed by atoms with van der Waals surface area (Å²) in [6.07, 6.45) is 6.39. The Labute approximate surface area is 265 Å². The second-order valence-electron chi connectivity index (χ2n) is 13.5. The largest absolute Gasteiger partial charge is 0.494 e. The van der Waals surface area contributed by atoms with E-state index in [4.69, 9.17) is 14.7 Å². The Kier molecular flexibility index (Phi) is 5.98. The molecule has 3 aliphatic rings. The molecule has 2 aromatic carbocycles. The van der Waals surface area contributed by atoms with Gasteiger partial charge in [0.05, 0.1) is 24.0 Å². The lowest BCUT2D eigenvalue weighted by molar-refractivity contribution is 0.0696. The van der Waals surface area contributed by atoms with Gasteiger partial charge in [-0.25, -0.2) is 9.97 Å². The average Bonchev–Trinajstić information content (AvgIpc) is 3.48. The number of nitrogens with one attached hydrogen (secondary N) is 1. The van der Waals surface area contributed by atoms with Gasteiger partial charge in [0.1, 0.15) is 16.9 Å². The van der Waals surface area contributed by atoms with E-state index in [-0.39, 0.29) is 11.5 Å². The van der Waals surface area contributed by atoms with E-state index in [1.807, 2.05) is 49.5 Å². The van der Waals surface area contributed by atoms with Gasteiger partial charge in [-0.3, -0.25) is 9.59 Å². The van der Waals surface area contributed by atoms with Crippen LogP contribution >= 0.6 is 0 Å². The van der Waals surface area contributed by atoms with Gasteiger partial charge in [0.25, 0.3) is 11.5 Å². The van der Waals surface area contributed by atoms with Gasteiger partial charge in [-0.15, -0.1) is 0 Å². The number of aromatic amines is 1. The van der Waals surface area contributed by atoms with Crippen LogP contribution in [0.25, 0.3) is 55.6 Å². The average molecular weight is 613 g/mol. The summed E-state index contributed by atoms with van der Waals surface area (Å²) in [6.45, 7) is 3.97. The lowest BCUT2D eigenvalue weighted by Crippen LogP contribution is -2.38. The van der Waals surface area contributed by atoms with Crippen molar-refractivity contribution in [3.05, 3.63) is 76.7 Å². The summed E-state index contributed by atoms with van der Waals surface area (Å²) >= 11 is 0. The first-order valence-electron chi connectivity index (χ1n) is 16.4. The van der Waals surface area contributed by atoms with E-state index in [0.29, 0.717) is 40.5 Å². The molecule has 1 amide bonds. The predicted octanol–water partition coefficient (Wildman–Crippen LogP) is 6.39. The SMILES string of the molecule is COc1cc(C(=O)N2CC3CCC2[C@@H]3C)cc2nc(-c3cc4ccc(-c5cccc6c(=O)[nH]ccc56)nc4n3CC3CC3)n(C)c12. The minimum absolute atomic E-state index is 0.0708. The molecule has 2 aliphatic carbocycles. The second kappa shape index (κ2) is 10.0. The zero-order valence-corrected chi connectivity index (χ0v) is 26.3. The summed E-state index contributed by atoms with van der Waals surface area (Å²) in [4.78, 5) is 41.6. The smallest absolute Gasteiger partial charge is 0.255 e. The number of hydrogen-bond donors (Lipinski definition) is 1. The number of aromatic nitrogens is 5. The number of hydrogen-bond acceptors (Lipinski definition) is 5. The van der Waals surface area contributed by atoms with E-state index in [9.17, 15) is 9.59 Å². The molecule has 5 heterocycles. The fourth-order valence-electron chi connectivity index (χ4n) is 8.18. The molecule has 46 heavy (non-hydrogen) atoms. The van der Waals surface area contributed by atoms with E-state index < -0.39 is 0 Å². The van der Waals surface area contributed by atoms with E-state index in [1.54, 1.807) is 13.3 Å². The molecule has 9 rings (SSSR count). The molecule has 2 bridgehead atoms. The summed E-state index contributed by atoms with van der Waals surface area (Å²) < 4.78 is 10.3. The number of H-pyrrole nitrogens is 1. The number of methoxy groups -OCH3 is 1. The molecular formula is C37H36N6O3. The Morgan fingerprint density at radius 2 is 1.89 bits per heavy atom. The van der Waals surface area contributed by atoms with Gasteiger partial charge in [-0.05, 0) is 91.3 Å². The molecule has 6 aromatic rings. The maximum absolute atomic E-state index is 13.8. The van der Waals surface area contributed by atoms with Gasteiger partial charge < -0.3 is 23.8 Å². The maximum Gasteiger partial charge on any atom is 0.255 e. The number of aryl methyl sites for hydroxylation is 1. The highest BCUT2D eigenvalue weighted by molar-refractivity contribution is 6.01. The first-order chi connectivity index (χ1) is 22.4. The van der Waals surface area contributed by atoms with Gasteiger partial charge in [0.15, 0.2) is 5.82 Å². The van der Waals surface area contributed by atoms with Crippen molar-refractivity contribution < 1.29 is 9.53 Å². The Hall–Kier alpha value is -4.92. The summed E-state index contributed by atoms with van der Waals surface area (Å²) in [7, 11) is 3.67. The minimum Gasteiger partial charge on any atom is -0.494 e. The van der Waals surface area contributed by atoms with Crippen molar-refractivity contribution >= 4 is 38.7 Å². The molecule has 2 saturated carbocycles. The third-order valence-corrected chi connectivity index (χ3v) is 10.9. The molecular weight excluding hydrogens is 576 g/mol. The highest BCUT2D eigenvalue weighted by Crippen LogP contribution is 2.44. The van der Waals surface area contributed by atoms with Gasteiger partial charge >= 0.3 is 0 Å². The molecule has 9 nitrogen and oxygen atoms in total. The number of nitrogens with zero attached hydrogens (tertiary/aromatic N) is 5. The van der Waals surface area contributed by atoms with Crippen LogP contribution in [0.5, 0.6) is 5.75 Å². The number of pyridine rings is 2. The number of carbonyl (C=O) groups is 1. The van der Waals surface area contributed by atoms with Crippen LogP contribution in [0, 0.1) is 17.8 Å². The van der Waals surface area contributed by atoms with Crippen molar-refractivity contribution in [2.24, 2.45) is 24.8 Å². The first kappa shape index (κ1) is 27.4. The molecule has 9 heteroatoms. The van der Waals surface area contributed by atoms with Gasteiger partial charge in [0.2, 0.25) is 0 Å². The van der Waals surface area contributed by atoms with Crippen molar-refractivity contribution in [3.63, 3.8) is 0 Å². The van der Waals surface area contributed by atoms with E-state index in [0.717, 1.165) is 69.7 Å². The van der Waals surface area contributed by atoms with Crippen molar-refractivity contribution in [1.29, 1.82) is 0 Å². The highest BCUT2D eigenvalue weighted by Gasteiger charge is 2.46. The summed E-state index contributed by atoms with van der Waals surface area (Å²) in [5, 5.41) is 2.56. The monoisotopic (exact) mass is 612 g/mol. The number of benzene rings is 2. The number of ether oxygens (including phenoxy) is 1. The number of carbonyl (C=O) groups excluding carboxylic acids is 1. The molecule has 2 unspecified atom stereocenters. The predicted molar refractivity (Wildman–Crippen MR) is 179 cm³/mol. The number of piperidine rings is 1. The maximum atomic E-state index is 13.8. The number of rotatable bonds is 6. The standard InChI is InChI=1S/C37H36N6O3/c1-20-23-10-12-30(20)43(19-23)37(45)24-15-29-33(32(17-24)46-3)41(2)35(40-29)31-16-22-9-11-28(39-34(22)42(31)18-21-7-8-21)26-5-4-6-27-25(26)13-14-38-36(27)44/h4-6,9,11,13-17,20-21,23,30H,7-8,10,12,18-19H2,1-3H3,(H,38,44)/t20-,23?,30?/m1/s1. The van der Waals surface area contributed by atoms with Crippen LogP contribution < -0.4 is 10.3 Å². The number of likely N-dealkylation sites (tertiary alicyclic amines) is 1. The number of fused-ring (bicyclic) bond motifs is 5. The molecule has 0 spiro atoms. The molecule has 232 valence electrons. The van der Waals surface area contributed by atoms with Crippen LogP contribution in [0.1, 0.15) is 43.0 Å². The fraction of sp³-hybridized carbons (Fsp3) is 0.351. The zero-order chi connectivity index (χ0) is 31.3. The van der Waals surface area contributed by atoms with Crippen molar-refractivity contribution in [1.82, 2.24) is 29.0 Å². The normalized spacial score (nSPS) is 20.8. The lowest BCUT2D eigenvalue weighted by Gasteiger charge is -2.27. The van der Waals surface area contributed by atoms with E-state index in [2.05, 4.69) is 38.1 Å². The summed E-state index contributed by atoms with van der Waals surface area (Å²) in [6, 6.07) is 18.2. The minimum atomic E-state index is -0.107. The van der Waals surface area contributed by atoms with Crippen LogP contribution in [0.4, 0.5) is 0 Å². The zero-order valence-electron chi connectivity index (χ0n) is 26.3. The van der Waals surface area contributed by atoms with E-state index in [1.165, 1.54) is 19.3 Å². The fourth-order valence-corrected chi connectivity index (χ4v) is 8.18. The second-order valence-corrected chi connectivity index (χ2v) is 13.5. The van der Waals surface area contributed by atoms with Crippen molar-refractivity contribution in [3.8, 4) is 28.5 Å². The van der Waals surface area contributed by atoms with Crippen LogP contribution in [-0.2, 0) is 13.6 Å². The third kappa shape index (κ3) is 4.06. The van der Waals surface area contributed by atoms with Crippen molar-refractivity contribution in [2.45, 2.75) is 45.2 Å². The molecule has 1 N–H and O–H groups in total. The van der Waals surface area contributed by atoms with Gasteiger partial charge in [0, 0.05) is 54.3 Å². The Balaban J connectivity index is 1.18. The van der Waals surface area contributed by atoms with Crippen molar-refractivity contribution in [2.75, 3.05) is 13.7 Å². The Bertz CT molecular complexity index is 2270. The molecule has 0 radical (unpaired) electrons. The van der Waals surface area contributed by atoms with E-state index >= 15 is 0 Å². The molecule has 3 atom stereocenters. The summed E-state index contributed by atoms with van der Waals surface area (Å²) in [5.41, 5.74) is 5.77. The highest BCUT2D eigenvalue weighted by atomic mass is 16.5. The Morgan fingerprint density at radius 1 is 1.02 bits per heavy atom.